The normalized spacial score (nSPS) is 11.6. The third-order valence-corrected chi connectivity index (χ3v) is 2.29. The molecule has 0 spiro atoms. The molecule has 0 aliphatic rings. The van der Waals surface area contributed by atoms with Crippen LogP contribution in [0.2, 0.25) is 5.28 Å². The highest BCUT2D eigenvalue weighted by molar-refractivity contribution is 6.28. The van der Waals surface area contributed by atoms with Crippen LogP contribution in [0.5, 0.6) is 0 Å². The van der Waals surface area contributed by atoms with Gasteiger partial charge in [0, 0.05) is 11.8 Å². The Bertz CT molecular complexity index is 355. The van der Waals surface area contributed by atoms with Gasteiger partial charge in [-0.3, -0.25) is 0 Å². The molecule has 0 amide bonds. The number of hydrogen-bond acceptors (Lipinski definition) is 4. The Balaban J connectivity index is 2.87. The molecule has 2 N–H and O–H groups in total. The van der Waals surface area contributed by atoms with Crippen LogP contribution in [0.3, 0.4) is 0 Å². The molecule has 90 valence electrons. The van der Waals surface area contributed by atoms with Crippen molar-refractivity contribution in [2.45, 2.75) is 39.2 Å². The average Bonchev–Trinajstić information content (AvgIpc) is 2.16. The van der Waals surface area contributed by atoms with E-state index in [0.717, 1.165) is 18.5 Å². The number of nitrogens with zero attached hydrogens (tertiary/aromatic N) is 2. The first-order chi connectivity index (χ1) is 7.46. The van der Waals surface area contributed by atoms with Crippen molar-refractivity contribution in [3.63, 3.8) is 0 Å². The summed E-state index contributed by atoms with van der Waals surface area (Å²) in [5.41, 5.74) is 0.500. The van der Waals surface area contributed by atoms with Crippen LogP contribution in [0, 0.1) is 0 Å². The molecule has 0 fully saturated rings. The first-order valence-electron chi connectivity index (χ1n) is 5.39. The Morgan fingerprint density at radius 2 is 2.12 bits per heavy atom. The molecule has 0 saturated carbocycles. The number of aliphatic hydroxyl groups excluding tert-OH is 1. The predicted molar refractivity (Wildman–Crippen MR) is 65.8 cm³/mol. The molecule has 5 heteroatoms. The zero-order valence-corrected chi connectivity index (χ0v) is 10.7. The van der Waals surface area contributed by atoms with Gasteiger partial charge in [0.1, 0.15) is 5.82 Å². The summed E-state index contributed by atoms with van der Waals surface area (Å²) >= 11 is 5.83. The molecule has 0 radical (unpaired) electrons. The summed E-state index contributed by atoms with van der Waals surface area (Å²) < 4.78 is 0. The molecular formula is C11H18ClN3O. The van der Waals surface area contributed by atoms with Gasteiger partial charge in [0.25, 0.3) is 0 Å². The van der Waals surface area contributed by atoms with Crippen LogP contribution < -0.4 is 5.32 Å². The fourth-order valence-corrected chi connectivity index (χ4v) is 1.50. The zero-order chi connectivity index (χ0) is 12.2. The number of rotatable bonds is 5. The second-order valence-electron chi connectivity index (χ2n) is 4.43. The Kier molecular flexibility index (Phi) is 4.50. The average molecular weight is 244 g/mol. The lowest BCUT2D eigenvalue weighted by atomic mass is 10.1. The minimum atomic E-state index is -0.416. The summed E-state index contributed by atoms with van der Waals surface area (Å²) in [5.74, 6) is 0.655. The van der Waals surface area contributed by atoms with Crippen molar-refractivity contribution in [3.8, 4) is 0 Å². The monoisotopic (exact) mass is 243 g/mol. The van der Waals surface area contributed by atoms with E-state index >= 15 is 0 Å². The van der Waals surface area contributed by atoms with E-state index in [4.69, 9.17) is 16.7 Å². The van der Waals surface area contributed by atoms with Crippen LogP contribution in [-0.2, 0) is 6.42 Å². The number of hydrogen-bond donors (Lipinski definition) is 2. The van der Waals surface area contributed by atoms with E-state index in [0.29, 0.717) is 5.82 Å². The molecular weight excluding hydrogens is 226 g/mol. The maximum Gasteiger partial charge on any atom is 0.224 e. The highest BCUT2D eigenvalue weighted by Gasteiger charge is 2.17. The highest BCUT2D eigenvalue weighted by Crippen LogP contribution is 2.16. The summed E-state index contributed by atoms with van der Waals surface area (Å²) in [6.45, 7) is 5.89. The SMILES string of the molecule is CCCc1cc(NC(C)(C)CO)nc(Cl)n1. The van der Waals surface area contributed by atoms with Crippen molar-refractivity contribution in [1.29, 1.82) is 0 Å². The lowest BCUT2D eigenvalue weighted by Crippen LogP contribution is -2.35. The third-order valence-electron chi connectivity index (χ3n) is 2.12. The number of halogens is 1. The second kappa shape index (κ2) is 5.46. The first-order valence-corrected chi connectivity index (χ1v) is 5.77. The van der Waals surface area contributed by atoms with Gasteiger partial charge in [0.15, 0.2) is 0 Å². The number of nitrogens with one attached hydrogen (secondary N) is 1. The highest BCUT2D eigenvalue weighted by atomic mass is 35.5. The molecule has 0 aliphatic heterocycles. The number of aromatic nitrogens is 2. The van der Waals surface area contributed by atoms with E-state index in [-0.39, 0.29) is 11.9 Å². The van der Waals surface area contributed by atoms with Gasteiger partial charge >= 0.3 is 0 Å². The molecule has 0 saturated heterocycles. The Morgan fingerprint density at radius 1 is 1.44 bits per heavy atom. The molecule has 0 unspecified atom stereocenters. The van der Waals surface area contributed by atoms with E-state index in [9.17, 15) is 0 Å². The fraction of sp³-hybridized carbons (Fsp3) is 0.636. The van der Waals surface area contributed by atoms with Gasteiger partial charge in [-0.05, 0) is 31.9 Å². The topological polar surface area (TPSA) is 58.0 Å². The van der Waals surface area contributed by atoms with Crippen LogP contribution in [-0.4, -0.2) is 27.2 Å². The van der Waals surface area contributed by atoms with E-state index in [1.54, 1.807) is 0 Å². The van der Waals surface area contributed by atoms with Gasteiger partial charge in [-0.1, -0.05) is 13.3 Å². The first kappa shape index (κ1) is 13.2. The molecule has 0 atom stereocenters. The molecule has 0 aliphatic carbocycles. The lowest BCUT2D eigenvalue weighted by molar-refractivity contribution is 0.234. The van der Waals surface area contributed by atoms with Gasteiger partial charge in [-0.25, -0.2) is 9.97 Å². The summed E-state index contributed by atoms with van der Waals surface area (Å²) in [6, 6.07) is 1.87. The van der Waals surface area contributed by atoms with Crippen molar-refractivity contribution < 1.29 is 5.11 Å². The number of aliphatic hydroxyl groups is 1. The van der Waals surface area contributed by atoms with Gasteiger partial charge in [-0.15, -0.1) is 0 Å². The van der Waals surface area contributed by atoms with Crippen LogP contribution >= 0.6 is 11.6 Å². The molecule has 0 aromatic carbocycles. The molecule has 0 bridgehead atoms. The van der Waals surface area contributed by atoms with Crippen molar-refractivity contribution in [2.75, 3.05) is 11.9 Å². The van der Waals surface area contributed by atoms with Crippen molar-refractivity contribution in [2.24, 2.45) is 0 Å². The zero-order valence-electron chi connectivity index (χ0n) is 9.92. The van der Waals surface area contributed by atoms with Gasteiger partial charge in [-0.2, -0.15) is 0 Å². The summed E-state index contributed by atoms with van der Waals surface area (Å²) in [6.07, 6.45) is 1.88. The molecule has 16 heavy (non-hydrogen) atoms. The standard InChI is InChI=1S/C11H18ClN3O/c1-4-5-8-6-9(14-10(12)13-8)15-11(2,3)7-16/h6,16H,4-5,7H2,1-3H3,(H,13,14,15). The van der Waals surface area contributed by atoms with Crippen LogP contribution in [0.1, 0.15) is 32.9 Å². The third kappa shape index (κ3) is 3.94. The molecule has 1 aromatic heterocycles. The quantitative estimate of drug-likeness (QED) is 0.779. The van der Waals surface area contributed by atoms with E-state index in [1.165, 1.54) is 0 Å². The minimum absolute atomic E-state index is 0.0255. The van der Waals surface area contributed by atoms with Gasteiger partial charge in [0.2, 0.25) is 5.28 Å². The molecule has 1 rings (SSSR count). The van der Waals surface area contributed by atoms with Crippen LogP contribution in [0.25, 0.3) is 0 Å². The van der Waals surface area contributed by atoms with E-state index in [1.807, 2.05) is 19.9 Å². The maximum atomic E-state index is 9.16. The van der Waals surface area contributed by atoms with Gasteiger partial charge < -0.3 is 10.4 Å². The summed E-state index contributed by atoms with van der Waals surface area (Å²) in [4.78, 5) is 8.21. The van der Waals surface area contributed by atoms with E-state index < -0.39 is 5.54 Å². The second-order valence-corrected chi connectivity index (χ2v) is 4.77. The Morgan fingerprint density at radius 3 is 2.69 bits per heavy atom. The number of aryl methyl sites for hydroxylation is 1. The lowest BCUT2D eigenvalue weighted by Gasteiger charge is -2.24. The minimum Gasteiger partial charge on any atom is -0.394 e. The van der Waals surface area contributed by atoms with Crippen molar-refractivity contribution in [1.82, 2.24) is 9.97 Å². The van der Waals surface area contributed by atoms with Crippen molar-refractivity contribution >= 4 is 17.4 Å². The van der Waals surface area contributed by atoms with Crippen molar-refractivity contribution in [3.05, 3.63) is 17.0 Å². The number of anilines is 1. The molecule has 4 nitrogen and oxygen atoms in total. The maximum absolute atomic E-state index is 9.16. The Labute approximate surface area is 101 Å². The fourth-order valence-electron chi connectivity index (χ4n) is 1.30. The van der Waals surface area contributed by atoms with E-state index in [2.05, 4.69) is 22.2 Å². The van der Waals surface area contributed by atoms with Crippen LogP contribution in [0.4, 0.5) is 5.82 Å². The van der Waals surface area contributed by atoms with Crippen LogP contribution in [0.15, 0.2) is 6.07 Å². The molecule has 1 aromatic rings. The molecule has 1 heterocycles. The predicted octanol–water partition coefficient (Wildman–Crippen LogP) is 2.27. The summed E-state index contributed by atoms with van der Waals surface area (Å²) in [5, 5.41) is 12.5. The Hall–Kier alpha value is -0.870. The van der Waals surface area contributed by atoms with Gasteiger partial charge in [0.05, 0.1) is 12.1 Å². The largest absolute Gasteiger partial charge is 0.394 e. The summed E-state index contributed by atoms with van der Waals surface area (Å²) in [7, 11) is 0. The smallest absolute Gasteiger partial charge is 0.224 e.